The maximum absolute atomic E-state index is 11.7. The maximum atomic E-state index is 11.7. The van der Waals surface area contributed by atoms with Gasteiger partial charge in [0.15, 0.2) is 0 Å². The van der Waals surface area contributed by atoms with E-state index in [1.807, 2.05) is 10.9 Å². The van der Waals surface area contributed by atoms with E-state index in [0.717, 1.165) is 0 Å². The summed E-state index contributed by atoms with van der Waals surface area (Å²) in [4.78, 5) is 11.7. The summed E-state index contributed by atoms with van der Waals surface area (Å²) in [6.07, 6.45) is 6.15. The molecule has 0 aliphatic heterocycles. The molecule has 0 unspecified atom stereocenters. The Morgan fingerprint density at radius 1 is 1.30 bits per heavy atom. The highest BCUT2D eigenvalue weighted by Crippen LogP contribution is 2.38. The molecular formula is C13H18N6O. The first-order valence-electron chi connectivity index (χ1n) is 6.80. The van der Waals surface area contributed by atoms with Crippen molar-refractivity contribution in [3.63, 3.8) is 0 Å². The Bertz CT molecular complexity index is 598. The lowest BCUT2D eigenvalue weighted by atomic mass is 10.3. The quantitative estimate of drug-likeness (QED) is 0.795. The number of carbonyl (C=O) groups is 1. The molecule has 0 aromatic carbocycles. The summed E-state index contributed by atoms with van der Waals surface area (Å²) in [5, 5.41) is 11.3. The van der Waals surface area contributed by atoms with Crippen LogP contribution in [-0.4, -0.2) is 32.0 Å². The monoisotopic (exact) mass is 274 g/mol. The number of aromatic nitrogens is 4. The molecule has 0 radical (unpaired) electrons. The lowest BCUT2D eigenvalue weighted by Crippen LogP contribution is -2.30. The Labute approximate surface area is 116 Å². The third-order valence-electron chi connectivity index (χ3n) is 3.29. The smallest absolute Gasteiger partial charge is 0.241 e. The van der Waals surface area contributed by atoms with Crippen molar-refractivity contribution >= 4 is 11.7 Å². The molecule has 0 bridgehead atoms. The highest BCUT2D eigenvalue weighted by Gasteiger charge is 2.25. The third kappa shape index (κ3) is 3.17. The molecule has 1 aliphatic rings. The zero-order valence-corrected chi connectivity index (χ0v) is 11.2. The van der Waals surface area contributed by atoms with E-state index in [0.29, 0.717) is 24.8 Å². The summed E-state index contributed by atoms with van der Waals surface area (Å²) < 4.78 is 3.39. The Kier molecular flexibility index (Phi) is 3.41. The van der Waals surface area contributed by atoms with Gasteiger partial charge in [-0.15, -0.1) is 0 Å². The van der Waals surface area contributed by atoms with Crippen LogP contribution in [0.25, 0.3) is 0 Å². The Morgan fingerprint density at radius 3 is 2.80 bits per heavy atom. The molecule has 0 spiro atoms. The number of hydrogen-bond acceptors (Lipinski definition) is 4. The van der Waals surface area contributed by atoms with E-state index in [1.165, 1.54) is 23.2 Å². The molecule has 3 N–H and O–H groups in total. The number of amides is 1. The van der Waals surface area contributed by atoms with E-state index in [2.05, 4.69) is 21.6 Å². The predicted molar refractivity (Wildman–Crippen MR) is 73.9 cm³/mol. The highest BCUT2D eigenvalue weighted by molar-refractivity contribution is 5.75. The minimum Gasteiger partial charge on any atom is -0.382 e. The minimum atomic E-state index is -0.0809. The van der Waals surface area contributed by atoms with Crippen LogP contribution in [0.5, 0.6) is 0 Å². The van der Waals surface area contributed by atoms with E-state index in [1.54, 1.807) is 12.3 Å². The van der Waals surface area contributed by atoms with Gasteiger partial charge in [0.05, 0.1) is 12.2 Å². The van der Waals surface area contributed by atoms with Crippen molar-refractivity contribution in [3.05, 3.63) is 30.2 Å². The van der Waals surface area contributed by atoms with Crippen molar-refractivity contribution in [1.29, 1.82) is 0 Å². The van der Waals surface area contributed by atoms with Gasteiger partial charge in [0, 0.05) is 24.9 Å². The number of carbonyl (C=O) groups excluding carboxylic acids is 1. The molecular weight excluding hydrogens is 256 g/mol. The molecule has 3 rings (SSSR count). The molecule has 0 atom stereocenters. The Hall–Kier alpha value is -2.31. The molecule has 2 aromatic heterocycles. The molecule has 7 heteroatoms. The van der Waals surface area contributed by atoms with Crippen molar-refractivity contribution < 1.29 is 4.79 Å². The Balaban J connectivity index is 1.41. The van der Waals surface area contributed by atoms with Gasteiger partial charge in [0.2, 0.25) is 5.91 Å². The second kappa shape index (κ2) is 5.36. The molecule has 2 heterocycles. The molecule has 1 amide bonds. The second-order valence-corrected chi connectivity index (χ2v) is 5.07. The summed E-state index contributed by atoms with van der Waals surface area (Å²) >= 11 is 0. The topological polar surface area (TPSA) is 90.8 Å². The average molecular weight is 274 g/mol. The number of nitrogens with two attached hydrogens (primary N) is 1. The fraction of sp³-hybridized carbons (Fsp3) is 0.462. The molecule has 1 aliphatic carbocycles. The van der Waals surface area contributed by atoms with Crippen LogP contribution in [0.3, 0.4) is 0 Å². The van der Waals surface area contributed by atoms with Gasteiger partial charge in [-0.3, -0.25) is 14.2 Å². The lowest BCUT2D eigenvalue weighted by Gasteiger charge is -2.05. The van der Waals surface area contributed by atoms with Crippen molar-refractivity contribution in [3.8, 4) is 0 Å². The van der Waals surface area contributed by atoms with E-state index < -0.39 is 0 Å². The van der Waals surface area contributed by atoms with Gasteiger partial charge < -0.3 is 11.1 Å². The minimum absolute atomic E-state index is 0.0809. The number of rotatable bonds is 6. The lowest BCUT2D eigenvalue weighted by molar-refractivity contribution is -0.121. The van der Waals surface area contributed by atoms with Crippen molar-refractivity contribution in [2.75, 3.05) is 12.3 Å². The molecule has 0 saturated heterocycles. The summed E-state index contributed by atoms with van der Waals surface area (Å²) in [6, 6.07) is 3.72. The predicted octanol–water partition coefficient (Wildman–Crippen LogP) is 0.356. The fourth-order valence-electron chi connectivity index (χ4n) is 2.08. The van der Waals surface area contributed by atoms with Crippen molar-refractivity contribution in [1.82, 2.24) is 24.9 Å². The van der Waals surface area contributed by atoms with E-state index in [-0.39, 0.29) is 12.5 Å². The van der Waals surface area contributed by atoms with Crippen LogP contribution in [0.1, 0.15) is 24.5 Å². The number of anilines is 1. The van der Waals surface area contributed by atoms with Crippen LogP contribution >= 0.6 is 0 Å². The molecule has 2 aromatic rings. The number of nitrogens with one attached hydrogen (secondary N) is 1. The van der Waals surface area contributed by atoms with Crippen LogP contribution < -0.4 is 11.1 Å². The number of nitrogens with zero attached hydrogens (tertiary/aromatic N) is 4. The zero-order valence-electron chi connectivity index (χ0n) is 11.2. The first kappa shape index (κ1) is 12.7. The summed E-state index contributed by atoms with van der Waals surface area (Å²) in [6.45, 7) is 1.42. The fourth-order valence-corrected chi connectivity index (χ4v) is 2.08. The van der Waals surface area contributed by atoms with Gasteiger partial charge in [0.1, 0.15) is 12.4 Å². The molecule has 7 nitrogen and oxygen atoms in total. The Morgan fingerprint density at radius 2 is 2.10 bits per heavy atom. The van der Waals surface area contributed by atoms with Gasteiger partial charge >= 0.3 is 0 Å². The van der Waals surface area contributed by atoms with Crippen LogP contribution in [0, 0.1) is 0 Å². The first-order valence-corrected chi connectivity index (χ1v) is 6.80. The molecule has 1 saturated carbocycles. The van der Waals surface area contributed by atoms with Crippen LogP contribution in [-0.2, 0) is 17.9 Å². The van der Waals surface area contributed by atoms with E-state index in [4.69, 9.17) is 5.73 Å². The number of nitrogen functional groups attached to an aromatic ring is 1. The first-order chi connectivity index (χ1) is 9.70. The van der Waals surface area contributed by atoms with Gasteiger partial charge in [-0.25, -0.2) is 0 Å². The van der Waals surface area contributed by atoms with E-state index in [9.17, 15) is 4.79 Å². The maximum Gasteiger partial charge on any atom is 0.241 e. The van der Waals surface area contributed by atoms with Gasteiger partial charge in [-0.1, -0.05) is 0 Å². The van der Waals surface area contributed by atoms with Crippen LogP contribution in [0.4, 0.5) is 5.82 Å². The standard InChI is InChI=1S/C13H18N6O/c14-12-4-7-19(17-12)9-13(20)15-5-8-18-6-3-11(16-18)10-1-2-10/h3-4,6-7,10H,1-2,5,8-9H2,(H2,14,17)(H,15,20). The van der Waals surface area contributed by atoms with Crippen LogP contribution in [0.2, 0.25) is 0 Å². The average Bonchev–Trinajstić information content (AvgIpc) is 3.03. The number of hydrogen-bond donors (Lipinski definition) is 2. The summed E-state index contributed by atoms with van der Waals surface area (Å²) in [5.41, 5.74) is 6.66. The zero-order chi connectivity index (χ0) is 13.9. The normalized spacial score (nSPS) is 14.4. The van der Waals surface area contributed by atoms with E-state index >= 15 is 0 Å². The third-order valence-corrected chi connectivity index (χ3v) is 3.29. The summed E-state index contributed by atoms with van der Waals surface area (Å²) in [5.74, 6) is 1.00. The van der Waals surface area contributed by atoms with Crippen molar-refractivity contribution in [2.24, 2.45) is 0 Å². The van der Waals surface area contributed by atoms with Crippen LogP contribution in [0.15, 0.2) is 24.5 Å². The van der Waals surface area contributed by atoms with Gasteiger partial charge in [-0.05, 0) is 25.0 Å². The summed E-state index contributed by atoms with van der Waals surface area (Å²) in [7, 11) is 0. The highest BCUT2D eigenvalue weighted by atomic mass is 16.2. The van der Waals surface area contributed by atoms with Gasteiger partial charge in [0.25, 0.3) is 0 Å². The second-order valence-electron chi connectivity index (χ2n) is 5.07. The SMILES string of the molecule is Nc1ccn(CC(=O)NCCn2ccc(C3CC3)n2)n1. The largest absolute Gasteiger partial charge is 0.382 e. The van der Waals surface area contributed by atoms with Crippen molar-refractivity contribution in [2.45, 2.75) is 31.8 Å². The van der Waals surface area contributed by atoms with Gasteiger partial charge in [-0.2, -0.15) is 10.2 Å². The molecule has 20 heavy (non-hydrogen) atoms. The molecule has 1 fully saturated rings. The molecule has 106 valence electrons.